The lowest BCUT2D eigenvalue weighted by molar-refractivity contribution is 0.0668. The summed E-state index contributed by atoms with van der Waals surface area (Å²) >= 11 is 6.17. The average Bonchev–Trinajstić information content (AvgIpc) is 2.82. The molecule has 5 nitrogen and oxygen atoms in total. The molecule has 0 aromatic heterocycles. The number of hydrogen-bond acceptors (Lipinski definition) is 5. The van der Waals surface area contributed by atoms with Crippen LogP contribution in [0.3, 0.4) is 0 Å². The van der Waals surface area contributed by atoms with Crippen molar-refractivity contribution >= 4 is 22.7 Å². The number of alkyl halides is 1. The van der Waals surface area contributed by atoms with Crippen molar-refractivity contribution in [3.63, 3.8) is 0 Å². The molecule has 0 bridgehead atoms. The van der Waals surface area contributed by atoms with Crippen LogP contribution in [0.2, 0.25) is 5.02 Å². The predicted octanol–water partition coefficient (Wildman–Crippen LogP) is 6.10. The number of allylic oxidation sites excluding steroid dienone is 1. The summed E-state index contributed by atoms with van der Waals surface area (Å²) in [6.07, 6.45) is -0.447. The molecule has 0 aliphatic carbocycles. The number of phenols is 2. The van der Waals surface area contributed by atoms with E-state index in [0.29, 0.717) is 12.4 Å². The zero-order valence-corrected chi connectivity index (χ0v) is 20.1. The van der Waals surface area contributed by atoms with E-state index in [4.69, 9.17) is 21.1 Å². The molecular weight excluding hydrogens is 469 g/mol. The van der Waals surface area contributed by atoms with Crippen LogP contribution < -0.4 is 9.47 Å². The highest BCUT2D eigenvalue weighted by Crippen LogP contribution is 2.49. The van der Waals surface area contributed by atoms with Crippen LogP contribution in [0, 0.1) is 5.92 Å². The molecule has 35 heavy (non-hydrogen) atoms. The zero-order valence-electron chi connectivity index (χ0n) is 19.4. The van der Waals surface area contributed by atoms with Crippen LogP contribution >= 0.6 is 11.6 Å². The van der Waals surface area contributed by atoms with Gasteiger partial charge in [-0.15, -0.1) is 0 Å². The van der Waals surface area contributed by atoms with Gasteiger partial charge in [0.05, 0.1) is 11.7 Å². The summed E-state index contributed by atoms with van der Waals surface area (Å²) in [5, 5.41) is 20.5. The number of rotatable bonds is 7. The minimum absolute atomic E-state index is 0.0120. The van der Waals surface area contributed by atoms with E-state index in [-0.39, 0.29) is 29.1 Å². The SMILES string of the molecule is CC1=C(c2cccc(O)c2)C(c2ccc(OCCN3CC(CF)C3)cc2)Oc2cc(Cl)c(O)cc21. The smallest absolute Gasteiger partial charge is 0.150 e. The van der Waals surface area contributed by atoms with Crippen LogP contribution in [-0.2, 0) is 0 Å². The van der Waals surface area contributed by atoms with Crippen molar-refractivity contribution in [2.24, 2.45) is 5.92 Å². The third-order valence-corrected chi connectivity index (χ3v) is 6.93. The Balaban J connectivity index is 1.40. The second-order valence-electron chi connectivity index (χ2n) is 9.08. The average molecular weight is 496 g/mol. The second kappa shape index (κ2) is 9.80. The Morgan fingerprint density at radius 2 is 1.86 bits per heavy atom. The number of aromatic hydroxyl groups is 2. The molecule has 1 unspecified atom stereocenters. The maximum absolute atomic E-state index is 12.6. The van der Waals surface area contributed by atoms with Gasteiger partial charge in [-0.25, -0.2) is 0 Å². The molecule has 1 saturated heterocycles. The molecule has 3 aromatic carbocycles. The monoisotopic (exact) mass is 495 g/mol. The third kappa shape index (κ3) is 4.81. The van der Waals surface area contributed by atoms with Crippen molar-refractivity contribution in [1.82, 2.24) is 4.90 Å². The Labute approximate surface area is 209 Å². The van der Waals surface area contributed by atoms with Crippen LogP contribution in [-0.4, -0.2) is 48.0 Å². The van der Waals surface area contributed by atoms with Gasteiger partial charge in [-0.05, 0) is 54.0 Å². The van der Waals surface area contributed by atoms with E-state index in [1.807, 2.05) is 37.3 Å². The summed E-state index contributed by atoms with van der Waals surface area (Å²) in [5.74, 6) is 1.66. The molecule has 7 heteroatoms. The number of phenolic OH excluding ortho intramolecular Hbond substituents is 2. The number of nitrogens with zero attached hydrogens (tertiary/aromatic N) is 1. The fraction of sp³-hybridized carbons (Fsp3) is 0.286. The van der Waals surface area contributed by atoms with E-state index < -0.39 is 6.10 Å². The van der Waals surface area contributed by atoms with Gasteiger partial charge >= 0.3 is 0 Å². The summed E-state index contributed by atoms with van der Waals surface area (Å²) in [6, 6.07) is 18.0. The Morgan fingerprint density at radius 3 is 2.57 bits per heavy atom. The highest BCUT2D eigenvalue weighted by molar-refractivity contribution is 6.32. The van der Waals surface area contributed by atoms with Gasteiger partial charge in [0.15, 0.2) is 0 Å². The highest BCUT2D eigenvalue weighted by Gasteiger charge is 2.30. The number of likely N-dealkylation sites (tertiary alicyclic amines) is 1. The molecule has 5 rings (SSSR count). The maximum Gasteiger partial charge on any atom is 0.150 e. The Kier molecular flexibility index (Phi) is 6.58. The quantitative estimate of drug-likeness (QED) is 0.415. The van der Waals surface area contributed by atoms with E-state index in [1.165, 1.54) is 0 Å². The summed E-state index contributed by atoms with van der Waals surface area (Å²) in [6.45, 7) is 4.63. The van der Waals surface area contributed by atoms with E-state index in [0.717, 1.165) is 53.2 Å². The van der Waals surface area contributed by atoms with Crippen LogP contribution in [0.1, 0.15) is 29.7 Å². The maximum atomic E-state index is 12.6. The van der Waals surface area contributed by atoms with E-state index in [9.17, 15) is 14.6 Å². The minimum atomic E-state index is -0.447. The lowest BCUT2D eigenvalue weighted by Gasteiger charge is -2.37. The van der Waals surface area contributed by atoms with Crippen molar-refractivity contribution in [3.05, 3.63) is 82.4 Å². The molecule has 3 aromatic rings. The lowest BCUT2D eigenvalue weighted by atomic mass is 9.86. The molecule has 2 N–H and O–H groups in total. The van der Waals surface area contributed by atoms with Crippen LogP contribution in [0.4, 0.5) is 4.39 Å². The first kappa shape index (κ1) is 23.5. The van der Waals surface area contributed by atoms with Crippen LogP contribution in [0.15, 0.2) is 60.7 Å². The van der Waals surface area contributed by atoms with Crippen LogP contribution in [0.5, 0.6) is 23.0 Å². The van der Waals surface area contributed by atoms with Gasteiger partial charge in [0.1, 0.15) is 35.7 Å². The number of hydrogen-bond donors (Lipinski definition) is 2. The normalized spacial score (nSPS) is 18.1. The first-order chi connectivity index (χ1) is 16.9. The van der Waals surface area contributed by atoms with Crippen molar-refractivity contribution in [2.75, 3.05) is 32.9 Å². The van der Waals surface area contributed by atoms with Crippen molar-refractivity contribution in [1.29, 1.82) is 0 Å². The molecule has 2 heterocycles. The standard InChI is InChI=1S/C28H27ClFNO4/c1-17-23-12-25(33)24(29)13-26(23)35-28(27(17)20-3-2-4-21(32)11-20)19-5-7-22(8-6-19)34-10-9-31-15-18(14-30)16-31/h2-8,11-13,18,28,32-33H,9-10,14-16H2,1H3. The largest absolute Gasteiger partial charge is 0.508 e. The number of fused-ring (bicyclic) bond motifs is 1. The Morgan fingerprint density at radius 1 is 1.09 bits per heavy atom. The number of ether oxygens (including phenoxy) is 2. The third-order valence-electron chi connectivity index (χ3n) is 6.63. The van der Waals surface area contributed by atoms with Gasteiger partial charge in [0.2, 0.25) is 0 Å². The molecule has 1 atom stereocenters. The number of benzene rings is 3. The topological polar surface area (TPSA) is 62.2 Å². The van der Waals surface area contributed by atoms with Gasteiger partial charge in [-0.2, -0.15) is 0 Å². The summed E-state index contributed by atoms with van der Waals surface area (Å²) < 4.78 is 24.9. The van der Waals surface area contributed by atoms with Gasteiger partial charge in [-0.1, -0.05) is 35.9 Å². The molecule has 0 saturated carbocycles. The molecule has 0 spiro atoms. The fourth-order valence-electron chi connectivity index (χ4n) is 4.73. The Hall–Kier alpha value is -3.22. The van der Waals surface area contributed by atoms with Crippen molar-refractivity contribution in [2.45, 2.75) is 13.0 Å². The van der Waals surface area contributed by atoms with Crippen molar-refractivity contribution < 1.29 is 24.1 Å². The summed E-state index contributed by atoms with van der Waals surface area (Å²) in [4.78, 5) is 2.18. The highest BCUT2D eigenvalue weighted by atomic mass is 35.5. The van der Waals surface area contributed by atoms with E-state index in [1.54, 1.807) is 30.3 Å². The van der Waals surface area contributed by atoms with Gasteiger partial charge in [0, 0.05) is 42.8 Å². The van der Waals surface area contributed by atoms with Gasteiger partial charge in [0.25, 0.3) is 0 Å². The molecule has 2 aliphatic rings. The minimum Gasteiger partial charge on any atom is -0.508 e. The van der Waals surface area contributed by atoms with Crippen molar-refractivity contribution in [3.8, 4) is 23.0 Å². The van der Waals surface area contributed by atoms with Gasteiger partial charge < -0.3 is 19.7 Å². The first-order valence-electron chi connectivity index (χ1n) is 11.6. The molecule has 2 aliphatic heterocycles. The fourth-order valence-corrected chi connectivity index (χ4v) is 4.88. The molecular formula is C28H27ClFNO4. The van der Waals surface area contributed by atoms with Gasteiger partial charge in [-0.3, -0.25) is 9.29 Å². The zero-order chi connectivity index (χ0) is 24.5. The lowest BCUT2D eigenvalue weighted by Crippen LogP contribution is -2.49. The number of halogens is 2. The molecule has 1 fully saturated rings. The van der Waals surface area contributed by atoms with E-state index in [2.05, 4.69) is 4.90 Å². The first-order valence-corrected chi connectivity index (χ1v) is 12.0. The molecule has 0 radical (unpaired) electrons. The molecule has 0 amide bonds. The summed E-state index contributed by atoms with van der Waals surface area (Å²) in [5.41, 5.74) is 4.31. The van der Waals surface area contributed by atoms with Crippen LogP contribution in [0.25, 0.3) is 11.1 Å². The van der Waals surface area contributed by atoms with E-state index >= 15 is 0 Å². The molecule has 182 valence electrons. The second-order valence-corrected chi connectivity index (χ2v) is 9.49. The predicted molar refractivity (Wildman–Crippen MR) is 135 cm³/mol. The summed E-state index contributed by atoms with van der Waals surface area (Å²) in [7, 11) is 0. The Bertz CT molecular complexity index is 1250.